The van der Waals surface area contributed by atoms with Crippen molar-refractivity contribution in [3.05, 3.63) is 36.8 Å². The van der Waals surface area contributed by atoms with Gasteiger partial charge in [-0.05, 0) is 23.9 Å². The highest BCUT2D eigenvalue weighted by Crippen LogP contribution is 2.24. The zero-order valence-corrected chi connectivity index (χ0v) is 10.0. The zero-order valence-electron chi connectivity index (χ0n) is 9.19. The van der Waals surface area contributed by atoms with Crippen molar-refractivity contribution in [1.29, 1.82) is 0 Å². The van der Waals surface area contributed by atoms with Crippen molar-refractivity contribution in [2.45, 2.75) is 10.2 Å². The van der Waals surface area contributed by atoms with Gasteiger partial charge < -0.3 is 5.43 Å². The summed E-state index contributed by atoms with van der Waals surface area (Å²) in [5, 5.41) is 9.59. The van der Waals surface area contributed by atoms with E-state index in [2.05, 4.69) is 25.6 Å². The quantitative estimate of drug-likeness (QED) is 0.534. The van der Waals surface area contributed by atoms with Gasteiger partial charge in [-0.1, -0.05) is 6.07 Å². The average molecular weight is 259 g/mol. The van der Waals surface area contributed by atoms with Crippen LogP contribution in [0.25, 0.3) is 5.65 Å². The van der Waals surface area contributed by atoms with Gasteiger partial charge in [0.2, 0.25) is 5.16 Å². The first-order valence-electron chi connectivity index (χ1n) is 5.13. The van der Waals surface area contributed by atoms with Gasteiger partial charge in [0, 0.05) is 6.20 Å². The molecule has 0 aliphatic heterocycles. The number of fused-ring (bicyclic) bond motifs is 1. The predicted octanol–water partition coefficient (Wildman–Crippen LogP) is 0.956. The molecule has 0 aliphatic carbocycles. The summed E-state index contributed by atoms with van der Waals surface area (Å²) in [4.78, 5) is 8.29. The van der Waals surface area contributed by atoms with Gasteiger partial charge in [0.25, 0.3) is 0 Å². The number of nitrogens with two attached hydrogens (primary N) is 1. The minimum Gasteiger partial charge on any atom is -0.307 e. The number of rotatable bonds is 3. The maximum atomic E-state index is 5.29. The number of anilines is 1. The molecule has 3 N–H and O–H groups in total. The summed E-state index contributed by atoms with van der Waals surface area (Å²) in [7, 11) is 0. The number of nitrogens with zero attached hydrogens (tertiary/aromatic N) is 5. The van der Waals surface area contributed by atoms with Crippen LogP contribution in [0.1, 0.15) is 0 Å². The SMILES string of the molecule is NNc1cncc(Sc2nnc3ccccn23)n1. The molecule has 7 nitrogen and oxygen atoms in total. The third-order valence-corrected chi connectivity index (χ3v) is 3.11. The summed E-state index contributed by atoms with van der Waals surface area (Å²) in [6.07, 6.45) is 5.09. The molecule has 0 spiro atoms. The van der Waals surface area contributed by atoms with E-state index in [-0.39, 0.29) is 0 Å². The van der Waals surface area contributed by atoms with E-state index in [1.807, 2.05) is 28.8 Å². The molecule has 0 bridgehead atoms. The van der Waals surface area contributed by atoms with Crippen LogP contribution in [0.15, 0.2) is 47.0 Å². The van der Waals surface area contributed by atoms with E-state index in [4.69, 9.17) is 5.84 Å². The van der Waals surface area contributed by atoms with Crippen LogP contribution in [0, 0.1) is 0 Å². The summed E-state index contributed by atoms with van der Waals surface area (Å²) in [6, 6.07) is 5.72. The van der Waals surface area contributed by atoms with Crippen LogP contribution in [0.5, 0.6) is 0 Å². The lowest BCUT2D eigenvalue weighted by Gasteiger charge is -2.01. The molecule has 0 amide bonds. The number of nitrogen functional groups attached to an aromatic ring is 1. The fourth-order valence-electron chi connectivity index (χ4n) is 1.45. The smallest absolute Gasteiger partial charge is 0.201 e. The lowest BCUT2D eigenvalue weighted by molar-refractivity contribution is 0.914. The minimum absolute atomic E-state index is 0.508. The van der Waals surface area contributed by atoms with E-state index in [9.17, 15) is 0 Å². The van der Waals surface area contributed by atoms with E-state index >= 15 is 0 Å². The summed E-state index contributed by atoms with van der Waals surface area (Å²) >= 11 is 1.37. The Balaban J connectivity index is 1.96. The van der Waals surface area contributed by atoms with E-state index < -0.39 is 0 Å². The average Bonchev–Trinajstić information content (AvgIpc) is 2.83. The van der Waals surface area contributed by atoms with E-state index in [0.29, 0.717) is 10.8 Å². The van der Waals surface area contributed by atoms with Crippen molar-refractivity contribution in [2.75, 3.05) is 5.43 Å². The molecule has 8 heteroatoms. The first-order valence-corrected chi connectivity index (χ1v) is 5.95. The standard InChI is InChI=1S/C10H9N7S/c11-14-7-5-12-6-9(13-7)18-10-16-15-8-3-1-2-4-17(8)10/h1-6H,11H2,(H,13,14). The number of pyridine rings is 1. The normalized spacial score (nSPS) is 10.7. The molecular weight excluding hydrogens is 250 g/mol. The van der Waals surface area contributed by atoms with Crippen molar-refractivity contribution in [3.8, 4) is 0 Å². The molecule has 0 fully saturated rings. The van der Waals surface area contributed by atoms with Gasteiger partial charge >= 0.3 is 0 Å². The number of aromatic nitrogens is 5. The van der Waals surface area contributed by atoms with Crippen LogP contribution in [-0.2, 0) is 0 Å². The van der Waals surface area contributed by atoms with E-state index in [1.165, 1.54) is 11.8 Å². The van der Waals surface area contributed by atoms with Crippen LogP contribution in [-0.4, -0.2) is 24.6 Å². The molecule has 3 heterocycles. The second-order valence-corrected chi connectivity index (χ2v) is 4.39. The fourth-order valence-corrected chi connectivity index (χ4v) is 2.23. The lowest BCUT2D eigenvalue weighted by atomic mass is 10.5. The molecule has 18 heavy (non-hydrogen) atoms. The topological polar surface area (TPSA) is 94.0 Å². The van der Waals surface area contributed by atoms with Crippen molar-refractivity contribution in [2.24, 2.45) is 5.84 Å². The second kappa shape index (κ2) is 4.59. The Kier molecular flexibility index (Phi) is 2.79. The van der Waals surface area contributed by atoms with Gasteiger partial charge in [0.1, 0.15) is 5.03 Å². The highest BCUT2D eigenvalue weighted by Gasteiger charge is 2.08. The molecule has 0 atom stereocenters. The van der Waals surface area contributed by atoms with Crippen molar-refractivity contribution in [1.82, 2.24) is 24.6 Å². The molecule has 0 radical (unpaired) electrons. The molecule has 3 aromatic heterocycles. The Bertz CT molecular complexity index is 681. The van der Waals surface area contributed by atoms with Crippen LogP contribution in [0.2, 0.25) is 0 Å². The zero-order chi connectivity index (χ0) is 12.4. The monoisotopic (exact) mass is 259 g/mol. The minimum atomic E-state index is 0.508. The molecule has 0 aliphatic rings. The Hall–Kier alpha value is -2.19. The number of nitrogens with one attached hydrogen (secondary N) is 1. The van der Waals surface area contributed by atoms with Crippen LogP contribution in [0.3, 0.4) is 0 Å². The summed E-state index contributed by atoms with van der Waals surface area (Å²) < 4.78 is 1.88. The predicted molar refractivity (Wildman–Crippen MR) is 67.0 cm³/mol. The molecule has 90 valence electrons. The molecule has 0 saturated heterocycles. The molecule has 3 aromatic rings. The maximum Gasteiger partial charge on any atom is 0.201 e. The largest absolute Gasteiger partial charge is 0.307 e. The number of hydrogen-bond donors (Lipinski definition) is 2. The van der Waals surface area contributed by atoms with Gasteiger partial charge in [-0.15, -0.1) is 10.2 Å². The van der Waals surface area contributed by atoms with E-state index in [0.717, 1.165) is 10.8 Å². The molecule has 3 rings (SSSR count). The summed E-state index contributed by atoms with van der Waals surface area (Å²) in [5.41, 5.74) is 3.25. The lowest BCUT2D eigenvalue weighted by Crippen LogP contribution is -2.08. The Morgan fingerprint density at radius 3 is 3.06 bits per heavy atom. The Labute approximate surface area is 106 Å². The first-order chi connectivity index (χ1) is 8.86. The first kappa shape index (κ1) is 10.9. The maximum absolute atomic E-state index is 5.29. The molecular formula is C10H9N7S. The van der Waals surface area contributed by atoms with E-state index in [1.54, 1.807) is 12.4 Å². The van der Waals surface area contributed by atoms with Crippen molar-refractivity contribution >= 4 is 23.2 Å². The van der Waals surface area contributed by atoms with Gasteiger partial charge in [-0.2, -0.15) is 0 Å². The third-order valence-electron chi connectivity index (χ3n) is 2.24. The van der Waals surface area contributed by atoms with Gasteiger partial charge in [-0.3, -0.25) is 9.38 Å². The van der Waals surface area contributed by atoms with Crippen LogP contribution >= 0.6 is 11.8 Å². The summed E-state index contributed by atoms with van der Waals surface area (Å²) in [6.45, 7) is 0. The highest BCUT2D eigenvalue weighted by atomic mass is 32.2. The Morgan fingerprint density at radius 2 is 2.17 bits per heavy atom. The molecule has 0 saturated carbocycles. The van der Waals surface area contributed by atoms with Gasteiger partial charge in [-0.25, -0.2) is 10.8 Å². The fraction of sp³-hybridized carbons (Fsp3) is 0. The van der Waals surface area contributed by atoms with Crippen molar-refractivity contribution < 1.29 is 0 Å². The summed E-state index contributed by atoms with van der Waals surface area (Å²) in [5.74, 6) is 5.80. The van der Waals surface area contributed by atoms with Crippen LogP contribution < -0.4 is 11.3 Å². The molecule has 0 aromatic carbocycles. The third kappa shape index (κ3) is 1.98. The van der Waals surface area contributed by atoms with Crippen LogP contribution in [0.4, 0.5) is 5.82 Å². The van der Waals surface area contributed by atoms with Gasteiger partial charge in [0.15, 0.2) is 11.5 Å². The van der Waals surface area contributed by atoms with Crippen molar-refractivity contribution in [3.63, 3.8) is 0 Å². The number of hydrogen-bond acceptors (Lipinski definition) is 7. The Morgan fingerprint density at radius 1 is 1.22 bits per heavy atom. The highest BCUT2D eigenvalue weighted by molar-refractivity contribution is 7.99. The molecule has 0 unspecified atom stereocenters. The second-order valence-electron chi connectivity index (χ2n) is 3.40. The van der Waals surface area contributed by atoms with Gasteiger partial charge in [0.05, 0.1) is 12.4 Å². The number of hydrazine groups is 1.